The van der Waals surface area contributed by atoms with Crippen molar-refractivity contribution in [3.05, 3.63) is 34.9 Å². The largest absolute Gasteiger partial charge is 0.408 e. The highest BCUT2D eigenvalue weighted by Gasteiger charge is 2.26. The number of Topliss-reactive ketones (excluding diaryl/α,β-unsaturated/α-hetero) is 1. The third-order valence-electron chi connectivity index (χ3n) is 2.42. The first kappa shape index (κ1) is 14.2. The molecule has 0 aliphatic rings. The van der Waals surface area contributed by atoms with E-state index < -0.39 is 12.7 Å². The van der Waals surface area contributed by atoms with Gasteiger partial charge in [-0.3, -0.25) is 9.79 Å². The van der Waals surface area contributed by atoms with Gasteiger partial charge in [0.2, 0.25) is 0 Å². The van der Waals surface area contributed by atoms with E-state index >= 15 is 0 Å². The van der Waals surface area contributed by atoms with Gasteiger partial charge in [0.05, 0.1) is 0 Å². The fourth-order valence-electron chi connectivity index (χ4n) is 1.55. The van der Waals surface area contributed by atoms with Crippen molar-refractivity contribution in [1.29, 1.82) is 0 Å². The summed E-state index contributed by atoms with van der Waals surface area (Å²) in [5.74, 6) is -0.383. The second kappa shape index (κ2) is 5.20. The van der Waals surface area contributed by atoms with E-state index in [1.54, 1.807) is 19.1 Å². The summed E-state index contributed by atoms with van der Waals surface area (Å²) >= 11 is 0. The number of carbonyl (C=O) groups is 1. The van der Waals surface area contributed by atoms with Gasteiger partial charge in [0.15, 0.2) is 5.78 Å². The zero-order chi connectivity index (χ0) is 13.9. The molecule has 0 fully saturated rings. The lowest BCUT2D eigenvalue weighted by atomic mass is 9.99. The molecule has 0 saturated carbocycles. The van der Waals surface area contributed by atoms with Crippen LogP contribution in [0.15, 0.2) is 23.2 Å². The molecule has 0 radical (unpaired) electrons. The normalized spacial score (nSPS) is 12.6. The number of rotatable bonds is 3. The van der Waals surface area contributed by atoms with Gasteiger partial charge < -0.3 is 5.73 Å². The zero-order valence-corrected chi connectivity index (χ0v) is 10.0. The van der Waals surface area contributed by atoms with Crippen molar-refractivity contribution < 1.29 is 18.0 Å². The van der Waals surface area contributed by atoms with Crippen LogP contribution in [0.25, 0.3) is 0 Å². The lowest BCUT2D eigenvalue weighted by molar-refractivity contribution is -0.118. The highest BCUT2D eigenvalue weighted by molar-refractivity contribution is 6.03. The summed E-state index contributed by atoms with van der Waals surface area (Å²) in [6.07, 6.45) is -4.39. The van der Waals surface area contributed by atoms with Crippen LogP contribution in [0.2, 0.25) is 0 Å². The summed E-state index contributed by atoms with van der Waals surface area (Å²) in [4.78, 5) is 14.6. The van der Waals surface area contributed by atoms with Crippen LogP contribution >= 0.6 is 0 Å². The van der Waals surface area contributed by atoms with Crippen LogP contribution in [-0.2, 0) is 0 Å². The molecule has 0 aliphatic carbocycles. The summed E-state index contributed by atoms with van der Waals surface area (Å²) in [7, 11) is 0. The Kier molecular flexibility index (Phi) is 4.11. The summed E-state index contributed by atoms with van der Waals surface area (Å²) in [6, 6.07) is 4.70. The molecule has 3 nitrogen and oxygen atoms in total. The minimum Gasteiger partial charge on any atom is -0.383 e. The molecule has 0 bridgehead atoms. The molecule has 0 aromatic heterocycles. The molecule has 0 unspecified atom stereocenters. The predicted octanol–water partition coefficient (Wildman–Crippen LogP) is 2.47. The number of carbonyl (C=O) groups excluding carboxylic acids is 1. The number of nitrogens with two attached hydrogens (primary N) is 1. The monoisotopic (exact) mass is 258 g/mol. The number of nitrogens with zero attached hydrogens (tertiary/aromatic N) is 1. The number of aliphatic imine (C=N–C) groups is 1. The van der Waals surface area contributed by atoms with Crippen molar-refractivity contribution in [3.8, 4) is 0 Å². The minimum absolute atomic E-state index is 0.169. The average Bonchev–Trinajstić information content (AvgIpc) is 2.24. The van der Waals surface area contributed by atoms with E-state index in [9.17, 15) is 18.0 Å². The lowest BCUT2D eigenvalue weighted by Crippen LogP contribution is -2.21. The van der Waals surface area contributed by atoms with Gasteiger partial charge in [0.1, 0.15) is 12.4 Å². The molecule has 18 heavy (non-hydrogen) atoms. The topological polar surface area (TPSA) is 55.5 Å². The van der Waals surface area contributed by atoms with Crippen LogP contribution < -0.4 is 5.73 Å². The van der Waals surface area contributed by atoms with E-state index in [4.69, 9.17) is 5.73 Å². The van der Waals surface area contributed by atoms with E-state index in [0.29, 0.717) is 16.7 Å². The van der Waals surface area contributed by atoms with E-state index in [0.717, 1.165) is 0 Å². The number of ketones is 1. The molecule has 0 atom stereocenters. The smallest absolute Gasteiger partial charge is 0.383 e. The quantitative estimate of drug-likeness (QED) is 0.514. The summed E-state index contributed by atoms with van der Waals surface area (Å²) in [6.45, 7) is 1.68. The number of benzene rings is 1. The fraction of sp³-hybridized carbons (Fsp3) is 0.333. The summed E-state index contributed by atoms with van der Waals surface area (Å²) in [5, 5.41) is 0. The van der Waals surface area contributed by atoms with E-state index in [1.807, 2.05) is 0 Å². The highest BCUT2D eigenvalue weighted by Crippen LogP contribution is 2.17. The van der Waals surface area contributed by atoms with Gasteiger partial charge >= 0.3 is 6.18 Å². The molecule has 2 N–H and O–H groups in total. The van der Waals surface area contributed by atoms with Crippen molar-refractivity contribution in [3.63, 3.8) is 0 Å². The second-order valence-electron chi connectivity index (χ2n) is 3.85. The highest BCUT2D eigenvalue weighted by atomic mass is 19.4. The van der Waals surface area contributed by atoms with Crippen molar-refractivity contribution in [2.75, 3.05) is 6.54 Å². The van der Waals surface area contributed by atoms with Crippen LogP contribution in [0.3, 0.4) is 0 Å². The molecule has 0 saturated heterocycles. The Morgan fingerprint density at radius 3 is 2.39 bits per heavy atom. The third-order valence-corrected chi connectivity index (χ3v) is 2.42. The molecular weight excluding hydrogens is 245 g/mol. The molecule has 1 aromatic rings. The predicted molar refractivity (Wildman–Crippen MR) is 62.8 cm³/mol. The molecule has 98 valence electrons. The first-order chi connectivity index (χ1) is 8.22. The van der Waals surface area contributed by atoms with Crippen LogP contribution in [0, 0.1) is 6.92 Å². The van der Waals surface area contributed by atoms with Gasteiger partial charge in [-0.1, -0.05) is 18.2 Å². The van der Waals surface area contributed by atoms with Gasteiger partial charge in [0.25, 0.3) is 0 Å². The summed E-state index contributed by atoms with van der Waals surface area (Å²) in [5.41, 5.74) is 6.83. The van der Waals surface area contributed by atoms with Crippen LogP contribution in [0.4, 0.5) is 13.2 Å². The van der Waals surface area contributed by atoms with Gasteiger partial charge in [0, 0.05) is 11.1 Å². The van der Waals surface area contributed by atoms with Gasteiger partial charge in [-0.25, -0.2) is 0 Å². The Balaban J connectivity index is 3.11. The Morgan fingerprint density at radius 1 is 1.33 bits per heavy atom. The standard InChI is InChI=1S/C12H13F3N2O/c1-7-9(8(2)18)4-3-5-10(7)11(16)17-6-12(13,14)15/h3-5H,6H2,1-2H3,(H2,16,17). The van der Waals surface area contributed by atoms with E-state index in [2.05, 4.69) is 4.99 Å². The van der Waals surface area contributed by atoms with Crippen molar-refractivity contribution in [1.82, 2.24) is 0 Å². The molecule has 6 heteroatoms. The van der Waals surface area contributed by atoms with Gasteiger partial charge in [-0.05, 0) is 19.4 Å². The minimum atomic E-state index is -4.39. The number of hydrogen-bond donors (Lipinski definition) is 1. The van der Waals surface area contributed by atoms with Gasteiger partial charge in [-0.15, -0.1) is 0 Å². The van der Waals surface area contributed by atoms with E-state index in [1.165, 1.54) is 13.0 Å². The number of alkyl halides is 3. The van der Waals surface area contributed by atoms with Crippen LogP contribution in [0.1, 0.15) is 28.4 Å². The lowest BCUT2D eigenvalue weighted by Gasteiger charge is -2.09. The number of halogens is 3. The number of amidine groups is 1. The maximum Gasteiger partial charge on any atom is 0.408 e. The first-order valence-corrected chi connectivity index (χ1v) is 5.20. The zero-order valence-electron chi connectivity index (χ0n) is 10.0. The summed E-state index contributed by atoms with van der Waals surface area (Å²) < 4.78 is 36.1. The molecular formula is C12H13F3N2O. The fourth-order valence-corrected chi connectivity index (χ4v) is 1.55. The van der Waals surface area contributed by atoms with Gasteiger partial charge in [-0.2, -0.15) is 13.2 Å². The Morgan fingerprint density at radius 2 is 1.89 bits per heavy atom. The van der Waals surface area contributed by atoms with Crippen LogP contribution in [-0.4, -0.2) is 24.3 Å². The molecule has 0 amide bonds. The van der Waals surface area contributed by atoms with Crippen LogP contribution in [0.5, 0.6) is 0 Å². The van der Waals surface area contributed by atoms with Crippen molar-refractivity contribution >= 4 is 11.6 Å². The Bertz CT molecular complexity index is 493. The maximum absolute atomic E-state index is 12.0. The molecule has 0 aliphatic heterocycles. The Labute approximate surface area is 103 Å². The molecule has 0 spiro atoms. The average molecular weight is 258 g/mol. The SMILES string of the molecule is CC(=O)c1cccc(C(N)=NCC(F)(F)F)c1C. The second-order valence-corrected chi connectivity index (χ2v) is 3.85. The molecule has 1 rings (SSSR count). The maximum atomic E-state index is 12.0. The Hall–Kier alpha value is -1.85. The third kappa shape index (κ3) is 3.58. The number of hydrogen-bond acceptors (Lipinski definition) is 2. The molecule has 0 heterocycles. The van der Waals surface area contributed by atoms with E-state index in [-0.39, 0.29) is 11.6 Å². The van der Waals surface area contributed by atoms with Crippen molar-refractivity contribution in [2.24, 2.45) is 10.7 Å². The molecule has 1 aromatic carbocycles. The first-order valence-electron chi connectivity index (χ1n) is 5.20. The van der Waals surface area contributed by atoms with Crippen molar-refractivity contribution in [2.45, 2.75) is 20.0 Å².